The summed E-state index contributed by atoms with van der Waals surface area (Å²) in [5, 5.41) is 0. The molecule has 2 aromatic rings. The molecule has 106 valence electrons. The number of carbonyl (C=O) groups excluding carboxylic acids is 1. The van der Waals surface area contributed by atoms with Crippen molar-refractivity contribution in [2.75, 3.05) is 7.11 Å². The van der Waals surface area contributed by atoms with E-state index < -0.39 is 0 Å². The summed E-state index contributed by atoms with van der Waals surface area (Å²) in [6.45, 7) is 0. The number of halogens is 1. The van der Waals surface area contributed by atoms with E-state index in [0.717, 1.165) is 39.7 Å². The highest BCUT2D eigenvalue weighted by Crippen LogP contribution is 2.30. The van der Waals surface area contributed by atoms with Crippen LogP contribution >= 0.6 is 15.9 Å². The maximum Gasteiger partial charge on any atom is 0.189 e. The van der Waals surface area contributed by atoms with Gasteiger partial charge < -0.3 is 4.74 Å². The first-order valence-corrected chi connectivity index (χ1v) is 7.51. The molecule has 0 unspecified atom stereocenters. The second kappa shape index (κ2) is 5.82. The quantitative estimate of drug-likeness (QED) is 0.609. The van der Waals surface area contributed by atoms with E-state index in [1.165, 1.54) is 0 Å². The van der Waals surface area contributed by atoms with Crippen molar-refractivity contribution in [2.45, 2.75) is 12.8 Å². The molecule has 1 aliphatic rings. The zero-order valence-corrected chi connectivity index (χ0v) is 13.2. The second-order valence-electron chi connectivity index (χ2n) is 4.91. The lowest BCUT2D eigenvalue weighted by Gasteiger charge is -2.18. The van der Waals surface area contributed by atoms with Crippen molar-refractivity contribution >= 4 is 27.8 Å². The Hall–Kier alpha value is -1.94. The summed E-state index contributed by atoms with van der Waals surface area (Å²) in [7, 11) is 1.61. The zero-order chi connectivity index (χ0) is 14.8. The molecule has 0 fully saturated rings. The van der Waals surface area contributed by atoms with Crippen LogP contribution in [0.15, 0.2) is 46.7 Å². The smallest absolute Gasteiger partial charge is 0.189 e. The van der Waals surface area contributed by atoms with Crippen LogP contribution in [-0.2, 0) is 6.42 Å². The molecule has 3 rings (SSSR count). The number of carbonyl (C=O) groups is 1. The Bertz CT molecular complexity index is 737. The Morgan fingerprint density at radius 2 is 2.14 bits per heavy atom. The predicted molar refractivity (Wildman–Crippen MR) is 85.6 cm³/mol. The van der Waals surface area contributed by atoms with Gasteiger partial charge in [-0.05, 0) is 58.6 Å². The normalized spacial score (nSPS) is 15.9. The number of aryl methyl sites for hydroxylation is 1. The number of aromatic nitrogens is 1. The lowest BCUT2D eigenvalue weighted by Crippen LogP contribution is -2.14. The number of fused-ring (bicyclic) bond motifs is 1. The van der Waals surface area contributed by atoms with Crippen molar-refractivity contribution < 1.29 is 9.53 Å². The van der Waals surface area contributed by atoms with Crippen molar-refractivity contribution in [3.8, 4) is 5.75 Å². The van der Waals surface area contributed by atoms with Gasteiger partial charge in [-0.2, -0.15) is 0 Å². The molecule has 0 atom stereocenters. The number of methoxy groups -OCH3 is 1. The molecule has 0 N–H and O–H groups in total. The van der Waals surface area contributed by atoms with E-state index in [4.69, 9.17) is 4.74 Å². The molecule has 21 heavy (non-hydrogen) atoms. The molecule has 0 bridgehead atoms. The lowest BCUT2D eigenvalue weighted by molar-refractivity contribution is 0.102. The van der Waals surface area contributed by atoms with E-state index >= 15 is 0 Å². The van der Waals surface area contributed by atoms with Gasteiger partial charge >= 0.3 is 0 Å². The van der Waals surface area contributed by atoms with Gasteiger partial charge in [0.15, 0.2) is 5.78 Å². The van der Waals surface area contributed by atoms with Gasteiger partial charge in [0.05, 0.1) is 7.11 Å². The number of hydrogen-bond acceptors (Lipinski definition) is 3. The van der Waals surface area contributed by atoms with Gasteiger partial charge in [0.25, 0.3) is 0 Å². The van der Waals surface area contributed by atoms with E-state index in [2.05, 4.69) is 20.9 Å². The van der Waals surface area contributed by atoms with Crippen LogP contribution in [0, 0.1) is 0 Å². The highest BCUT2D eigenvalue weighted by Gasteiger charge is 2.22. The fourth-order valence-electron chi connectivity index (χ4n) is 2.50. The molecular weight excluding hydrogens is 330 g/mol. The van der Waals surface area contributed by atoms with Gasteiger partial charge in [-0.15, -0.1) is 0 Å². The predicted octanol–water partition coefficient (Wildman–Crippen LogP) is 4.07. The molecule has 4 heteroatoms. The number of ketones is 1. The second-order valence-corrected chi connectivity index (χ2v) is 5.66. The van der Waals surface area contributed by atoms with Gasteiger partial charge in [0.1, 0.15) is 10.4 Å². The monoisotopic (exact) mass is 343 g/mol. The van der Waals surface area contributed by atoms with Crippen LogP contribution in [0.5, 0.6) is 5.75 Å². The van der Waals surface area contributed by atoms with Crippen LogP contribution in [-0.4, -0.2) is 17.9 Å². The van der Waals surface area contributed by atoms with Gasteiger partial charge in [-0.25, -0.2) is 4.98 Å². The fraction of sp³-hybridized carbons (Fsp3) is 0.176. The molecule has 0 amide bonds. The Labute approximate surface area is 131 Å². The number of ether oxygens (including phenoxy) is 1. The summed E-state index contributed by atoms with van der Waals surface area (Å²) < 4.78 is 5.96. The lowest BCUT2D eigenvalue weighted by atomic mass is 9.86. The fourth-order valence-corrected chi connectivity index (χ4v) is 2.86. The number of rotatable bonds is 2. The van der Waals surface area contributed by atoms with Crippen LogP contribution in [0.25, 0.3) is 6.08 Å². The summed E-state index contributed by atoms with van der Waals surface area (Å²) in [5.41, 5.74) is 3.56. The third-order valence-corrected chi connectivity index (χ3v) is 4.30. The molecule has 1 aromatic carbocycles. The van der Waals surface area contributed by atoms with Crippen LogP contribution in [0.4, 0.5) is 0 Å². The van der Waals surface area contributed by atoms with E-state index in [1.807, 2.05) is 36.4 Å². The Morgan fingerprint density at radius 3 is 2.90 bits per heavy atom. The van der Waals surface area contributed by atoms with E-state index in [9.17, 15) is 4.79 Å². The largest absolute Gasteiger partial charge is 0.497 e. The van der Waals surface area contributed by atoms with Gasteiger partial charge in [0.2, 0.25) is 0 Å². The molecule has 0 radical (unpaired) electrons. The molecule has 0 saturated carbocycles. The highest BCUT2D eigenvalue weighted by molar-refractivity contribution is 9.10. The minimum atomic E-state index is 0.0749. The zero-order valence-electron chi connectivity index (χ0n) is 11.6. The summed E-state index contributed by atoms with van der Waals surface area (Å²) in [6, 6.07) is 9.50. The Balaban J connectivity index is 2.00. The number of benzene rings is 1. The molecular formula is C17H14BrNO2. The number of nitrogens with zero attached hydrogens (tertiary/aromatic N) is 1. The Morgan fingerprint density at radius 1 is 1.29 bits per heavy atom. The first kappa shape index (κ1) is 14.0. The minimum Gasteiger partial charge on any atom is -0.497 e. The number of hydrogen-bond donors (Lipinski definition) is 0. The summed E-state index contributed by atoms with van der Waals surface area (Å²) in [6.07, 6.45) is 5.26. The first-order chi connectivity index (χ1) is 10.2. The molecule has 1 aromatic heterocycles. The maximum absolute atomic E-state index is 12.6. The maximum atomic E-state index is 12.6. The highest BCUT2D eigenvalue weighted by atomic mass is 79.9. The third kappa shape index (κ3) is 2.76. The number of Topliss-reactive ketones (excluding diaryl/α,β-unsaturated/α-hetero) is 1. The van der Waals surface area contributed by atoms with Crippen molar-refractivity contribution in [1.29, 1.82) is 0 Å². The van der Waals surface area contributed by atoms with Gasteiger partial charge in [-0.3, -0.25) is 4.79 Å². The average Bonchev–Trinajstić information content (AvgIpc) is 2.52. The molecule has 1 aliphatic carbocycles. The van der Waals surface area contributed by atoms with Gasteiger partial charge in [0, 0.05) is 22.9 Å². The summed E-state index contributed by atoms with van der Waals surface area (Å²) in [5.74, 6) is 0.789. The SMILES string of the molecule is COc1ccc2c(c1)C(=O)C(=Cc1cccnc1Br)CC2. The van der Waals surface area contributed by atoms with Crippen LogP contribution in [0.2, 0.25) is 0 Å². The molecule has 0 saturated heterocycles. The summed E-state index contributed by atoms with van der Waals surface area (Å²) in [4.78, 5) is 16.8. The Kier molecular flexibility index (Phi) is 3.88. The van der Waals surface area contributed by atoms with Crippen molar-refractivity contribution in [3.63, 3.8) is 0 Å². The molecule has 0 aliphatic heterocycles. The van der Waals surface area contributed by atoms with Crippen molar-refractivity contribution in [2.24, 2.45) is 0 Å². The molecule has 3 nitrogen and oxygen atoms in total. The first-order valence-electron chi connectivity index (χ1n) is 6.72. The molecule has 1 heterocycles. The summed E-state index contributed by atoms with van der Waals surface area (Å²) >= 11 is 3.41. The topological polar surface area (TPSA) is 39.2 Å². The standard InChI is InChI=1S/C17H14BrNO2/c1-21-14-7-6-11-4-5-12(16(20)15(11)10-14)9-13-3-2-8-19-17(13)18/h2-3,6-10H,4-5H2,1H3. The van der Waals surface area contributed by atoms with E-state index in [0.29, 0.717) is 5.75 Å². The third-order valence-electron chi connectivity index (χ3n) is 3.63. The van der Waals surface area contributed by atoms with Crippen LogP contribution in [0.3, 0.4) is 0 Å². The minimum absolute atomic E-state index is 0.0749. The van der Waals surface area contributed by atoms with Crippen LogP contribution < -0.4 is 4.74 Å². The number of pyridine rings is 1. The van der Waals surface area contributed by atoms with Crippen LogP contribution in [0.1, 0.15) is 27.9 Å². The van der Waals surface area contributed by atoms with Crippen molar-refractivity contribution in [3.05, 3.63) is 63.4 Å². The van der Waals surface area contributed by atoms with Crippen molar-refractivity contribution in [1.82, 2.24) is 4.98 Å². The van der Waals surface area contributed by atoms with E-state index in [1.54, 1.807) is 13.3 Å². The molecule has 0 spiro atoms. The average molecular weight is 344 g/mol. The number of allylic oxidation sites excluding steroid dienone is 1. The van der Waals surface area contributed by atoms with Gasteiger partial charge in [-0.1, -0.05) is 12.1 Å². The van der Waals surface area contributed by atoms with E-state index in [-0.39, 0.29) is 5.78 Å².